The molecule has 0 saturated carbocycles. The fourth-order valence-corrected chi connectivity index (χ4v) is 12.9. The standard InChI is InChI=1S/C58H46N2/c1-55(2)41-17-9-13-37-38-14-10-18-42-50(38)59(49(37)41)53-45(55)27-35(28-46(53)56(42,3)4)33-23-21-32-26-34(24-22-31(32)25-33)36-29-47-54-48(30-36)58(7,8)44-20-12-16-40-39-15-11-19-43(57(47,5)6)51(39)60(54)52(40)44/h9-30H,1-8H3. The summed E-state index contributed by atoms with van der Waals surface area (Å²) in [6.07, 6.45) is 0. The van der Waals surface area contributed by atoms with Gasteiger partial charge >= 0.3 is 0 Å². The molecule has 4 aliphatic rings. The summed E-state index contributed by atoms with van der Waals surface area (Å²) in [4.78, 5) is 0. The van der Waals surface area contributed by atoms with E-state index >= 15 is 0 Å². The van der Waals surface area contributed by atoms with Gasteiger partial charge in [0.15, 0.2) is 0 Å². The van der Waals surface area contributed by atoms with Crippen LogP contribution in [0.1, 0.15) is 99.9 Å². The van der Waals surface area contributed by atoms with Gasteiger partial charge in [-0.05, 0) is 114 Å². The van der Waals surface area contributed by atoms with Crippen LogP contribution in [0.25, 0.3) is 88.0 Å². The van der Waals surface area contributed by atoms with Crippen LogP contribution in [0.3, 0.4) is 0 Å². The van der Waals surface area contributed by atoms with Crippen LogP contribution in [-0.2, 0) is 21.7 Å². The summed E-state index contributed by atoms with van der Waals surface area (Å²) in [5, 5.41) is 8.01. The smallest absolute Gasteiger partial charge is 0.0582 e. The molecule has 0 bridgehead atoms. The lowest BCUT2D eigenvalue weighted by molar-refractivity contribution is 0.594. The number of hydrogen-bond acceptors (Lipinski definition) is 0. The number of benzene rings is 8. The summed E-state index contributed by atoms with van der Waals surface area (Å²) in [6.45, 7) is 19.5. The van der Waals surface area contributed by atoms with E-state index in [4.69, 9.17) is 0 Å². The Hall–Kier alpha value is -6.38. The van der Waals surface area contributed by atoms with Crippen LogP contribution < -0.4 is 0 Å². The number of para-hydroxylation sites is 4. The van der Waals surface area contributed by atoms with Crippen molar-refractivity contribution >= 4 is 54.4 Å². The molecule has 0 atom stereocenters. The van der Waals surface area contributed by atoms with Gasteiger partial charge in [-0.25, -0.2) is 0 Å². The second-order valence-corrected chi connectivity index (χ2v) is 20.6. The molecule has 0 unspecified atom stereocenters. The minimum atomic E-state index is -0.149. The van der Waals surface area contributed by atoms with E-state index in [0.29, 0.717) is 0 Å². The monoisotopic (exact) mass is 770 g/mol. The Balaban J connectivity index is 0.939. The topological polar surface area (TPSA) is 9.86 Å². The number of aromatic nitrogens is 2. The van der Waals surface area contributed by atoms with E-state index in [1.165, 1.54) is 133 Å². The molecule has 0 radical (unpaired) electrons. The SMILES string of the molecule is CC1(C)c2cc(-c3ccc4cc(-c5cc6c7c(c5)C(C)(C)c5cccc8c9cccc(c9n-7c58)C6(C)C)ccc4c3)cc3c2-n2c4c1cccc4c1cccc(c12)C3(C)C. The Bertz CT molecular complexity index is 3270. The molecule has 2 nitrogen and oxygen atoms in total. The van der Waals surface area contributed by atoms with Crippen LogP contribution in [0, 0.1) is 0 Å². The third-order valence-electron chi connectivity index (χ3n) is 16.2. The third kappa shape index (κ3) is 3.60. The van der Waals surface area contributed by atoms with Crippen molar-refractivity contribution in [2.24, 2.45) is 0 Å². The van der Waals surface area contributed by atoms with Gasteiger partial charge in [0.05, 0.1) is 33.4 Å². The summed E-state index contributed by atoms with van der Waals surface area (Å²) < 4.78 is 5.24. The average molecular weight is 771 g/mol. The Morgan fingerprint density at radius 1 is 0.283 bits per heavy atom. The van der Waals surface area contributed by atoms with Gasteiger partial charge in [-0.2, -0.15) is 0 Å². The van der Waals surface area contributed by atoms with Crippen molar-refractivity contribution in [1.29, 1.82) is 0 Å². The minimum absolute atomic E-state index is 0.149. The summed E-state index contributed by atoms with van der Waals surface area (Å²) in [7, 11) is 0. The molecule has 0 aliphatic carbocycles. The molecular weight excluding hydrogens is 725 g/mol. The Labute approximate surface area is 350 Å². The molecule has 0 spiro atoms. The van der Waals surface area contributed by atoms with Crippen molar-refractivity contribution < 1.29 is 0 Å². The lowest BCUT2D eigenvalue weighted by Crippen LogP contribution is -2.33. The van der Waals surface area contributed by atoms with E-state index in [1.54, 1.807) is 0 Å². The lowest BCUT2D eigenvalue weighted by Gasteiger charge is -2.42. The quantitative estimate of drug-likeness (QED) is 0.166. The second-order valence-electron chi connectivity index (χ2n) is 20.6. The molecule has 0 fully saturated rings. The van der Waals surface area contributed by atoms with E-state index in [1.807, 2.05) is 0 Å². The summed E-state index contributed by atoms with van der Waals surface area (Å²) in [5.74, 6) is 0. The van der Waals surface area contributed by atoms with Crippen LogP contribution in [0.2, 0.25) is 0 Å². The lowest BCUT2D eigenvalue weighted by atomic mass is 9.67. The fraction of sp³-hybridized carbons (Fsp3) is 0.207. The van der Waals surface area contributed by atoms with Crippen LogP contribution in [-0.4, -0.2) is 9.13 Å². The van der Waals surface area contributed by atoms with Crippen LogP contribution in [0.15, 0.2) is 133 Å². The molecular formula is C58H46N2. The first kappa shape index (κ1) is 33.5. The molecule has 0 N–H and O–H groups in total. The molecule has 14 rings (SSSR count). The third-order valence-corrected chi connectivity index (χ3v) is 16.2. The molecule has 0 amide bonds. The zero-order chi connectivity index (χ0) is 40.6. The highest BCUT2D eigenvalue weighted by atomic mass is 15.0. The molecule has 6 heterocycles. The molecule has 2 heteroatoms. The van der Waals surface area contributed by atoms with Crippen molar-refractivity contribution in [3.8, 4) is 33.6 Å². The van der Waals surface area contributed by atoms with Crippen molar-refractivity contribution in [2.45, 2.75) is 77.0 Å². The van der Waals surface area contributed by atoms with E-state index in [0.717, 1.165) is 0 Å². The molecule has 2 aromatic heterocycles. The predicted octanol–water partition coefficient (Wildman–Crippen LogP) is 14.9. The van der Waals surface area contributed by atoms with Crippen LogP contribution in [0.5, 0.6) is 0 Å². The molecule has 10 aromatic rings. The zero-order valence-electron chi connectivity index (χ0n) is 35.6. The minimum Gasteiger partial charge on any atom is -0.308 e. The zero-order valence-corrected chi connectivity index (χ0v) is 35.6. The Kier molecular flexibility index (Phi) is 5.65. The Morgan fingerprint density at radius 3 is 0.850 bits per heavy atom. The van der Waals surface area contributed by atoms with Crippen molar-refractivity contribution in [1.82, 2.24) is 9.13 Å². The van der Waals surface area contributed by atoms with Crippen LogP contribution in [0.4, 0.5) is 0 Å². The van der Waals surface area contributed by atoms with Gasteiger partial charge in [0.25, 0.3) is 0 Å². The second kappa shape index (κ2) is 10.1. The highest BCUT2D eigenvalue weighted by Crippen LogP contribution is 2.58. The first-order valence-corrected chi connectivity index (χ1v) is 21.9. The van der Waals surface area contributed by atoms with Crippen molar-refractivity contribution in [3.63, 3.8) is 0 Å². The number of rotatable bonds is 2. The maximum atomic E-state index is 2.62. The Morgan fingerprint density at radius 2 is 0.567 bits per heavy atom. The predicted molar refractivity (Wildman–Crippen MR) is 252 cm³/mol. The summed E-state index contributed by atoms with van der Waals surface area (Å²) >= 11 is 0. The summed E-state index contributed by atoms with van der Waals surface area (Å²) in [5.41, 5.74) is 24.2. The number of nitrogens with zero attached hydrogens (tertiary/aromatic N) is 2. The first-order valence-electron chi connectivity index (χ1n) is 21.9. The maximum Gasteiger partial charge on any atom is 0.0582 e. The molecule has 8 aromatic carbocycles. The van der Waals surface area contributed by atoms with Crippen molar-refractivity contribution in [3.05, 3.63) is 178 Å². The van der Waals surface area contributed by atoms with E-state index in [2.05, 4.69) is 198 Å². The molecule has 60 heavy (non-hydrogen) atoms. The van der Waals surface area contributed by atoms with Gasteiger partial charge in [0, 0.05) is 43.2 Å². The molecule has 4 aliphatic heterocycles. The largest absolute Gasteiger partial charge is 0.308 e. The van der Waals surface area contributed by atoms with Crippen molar-refractivity contribution in [2.75, 3.05) is 0 Å². The normalized spacial score (nSPS) is 17.5. The van der Waals surface area contributed by atoms with Gasteiger partial charge in [-0.3, -0.25) is 0 Å². The molecule has 288 valence electrons. The van der Waals surface area contributed by atoms with E-state index < -0.39 is 0 Å². The fourth-order valence-electron chi connectivity index (χ4n) is 12.9. The summed E-state index contributed by atoms with van der Waals surface area (Å²) in [6, 6.07) is 52.1. The van der Waals surface area contributed by atoms with Gasteiger partial charge in [-0.15, -0.1) is 0 Å². The highest BCUT2D eigenvalue weighted by molar-refractivity contribution is 6.15. The highest BCUT2D eigenvalue weighted by Gasteiger charge is 2.45. The van der Waals surface area contributed by atoms with Gasteiger partial charge in [0.2, 0.25) is 0 Å². The van der Waals surface area contributed by atoms with E-state index in [9.17, 15) is 0 Å². The van der Waals surface area contributed by atoms with Gasteiger partial charge in [0.1, 0.15) is 0 Å². The van der Waals surface area contributed by atoms with E-state index in [-0.39, 0.29) is 21.7 Å². The molecule has 0 saturated heterocycles. The van der Waals surface area contributed by atoms with Crippen LogP contribution >= 0.6 is 0 Å². The maximum absolute atomic E-state index is 2.62. The number of hydrogen-bond donors (Lipinski definition) is 0. The average Bonchev–Trinajstić information content (AvgIpc) is 3.77. The number of fused-ring (bicyclic) bond motifs is 3. The van der Waals surface area contributed by atoms with Gasteiger partial charge < -0.3 is 9.13 Å². The first-order chi connectivity index (χ1) is 28.8. The van der Waals surface area contributed by atoms with Gasteiger partial charge in [-0.1, -0.05) is 152 Å².